The number of piperidine rings is 1. The molecule has 3 rings (SSSR count). The van der Waals surface area contributed by atoms with E-state index in [1.165, 1.54) is 4.90 Å². The van der Waals surface area contributed by atoms with E-state index in [4.69, 9.17) is 4.52 Å². The number of urea groups is 1. The summed E-state index contributed by atoms with van der Waals surface area (Å²) in [6.07, 6.45) is 1.58. The molecule has 128 valence electrons. The standard InChI is InChI=1S/C17H21FN4O2/c1-13-20-15(24-21-13)17(18)9-5-11-22(12-17)16(23)19-10-8-14-6-3-2-4-7-14/h2-4,6-7H,5,8-12H2,1H3,(H,19,23). The predicted octanol–water partition coefficient (Wildman–Crippen LogP) is 2.59. The summed E-state index contributed by atoms with van der Waals surface area (Å²) in [5.74, 6) is 0.355. The van der Waals surface area contributed by atoms with E-state index in [9.17, 15) is 4.79 Å². The fraction of sp³-hybridized carbons (Fsp3) is 0.471. The number of halogens is 1. The number of aryl methyl sites for hydroxylation is 1. The third-order valence-electron chi connectivity index (χ3n) is 4.17. The summed E-state index contributed by atoms with van der Waals surface area (Å²) in [5, 5.41) is 6.49. The van der Waals surface area contributed by atoms with Gasteiger partial charge in [-0.2, -0.15) is 4.98 Å². The van der Waals surface area contributed by atoms with Crippen molar-refractivity contribution in [2.45, 2.75) is 31.9 Å². The first-order chi connectivity index (χ1) is 11.6. The lowest BCUT2D eigenvalue weighted by Gasteiger charge is -2.35. The molecule has 1 N–H and O–H groups in total. The topological polar surface area (TPSA) is 71.3 Å². The lowest BCUT2D eigenvalue weighted by atomic mass is 9.95. The lowest BCUT2D eigenvalue weighted by Crippen LogP contribution is -2.50. The van der Waals surface area contributed by atoms with Crippen molar-refractivity contribution in [2.75, 3.05) is 19.6 Å². The van der Waals surface area contributed by atoms with Gasteiger partial charge in [-0.3, -0.25) is 0 Å². The van der Waals surface area contributed by atoms with Crippen LogP contribution in [0.2, 0.25) is 0 Å². The first-order valence-electron chi connectivity index (χ1n) is 8.13. The summed E-state index contributed by atoms with van der Waals surface area (Å²) in [7, 11) is 0. The first-order valence-corrected chi connectivity index (χ1v) is 8.13. The Morgan fingerprint density at radius 3 is 2.92 bits per heavy atom. The van der Waals surface area contributed by atoms with E-state index in [-0.39, 0.29) is 24.9 Å². The van der Waals surface area contributed by atoms with Crippen molar-refractivity contribution in [1.29, 1.82) is 0 Å². The van der Waals surface area contributed by atoms with Gasteiger partial charge in [-0.1, -0.05) is 35.5 Å². The van der Waals surface area contributed by atoms with Crippen molar-refractivity contribution < 1.29 is 13.7 Å². The molecule has 0 radical (unpaired) electrons. The zero-order valence-electron chi connectivity index (χ0n) is 13.7. The van der Waals surface area contributed by atoms with Crippen molar-refractivity contribution in [3.05, 3.63) is 47.6 Å². The van der Waals surface area contributed by atoms with E-state index in [0.29, 0.717) is 25.3 Å². The second kappa shape index (κ2) is 6.98. The number of carbonyl (C=O) groups is 1. The number of nitrogens with one attached hydrogen (secondary N) is 1. The second-order valence-electron chi connectivity index (χ2n) is 6.10. The Kier molecular flexibility index (Phi) is 4.78. The van der Waals surface area contributed by atoms with E-state index in [2.05, 4.69) is 15.5 Å². The quantitative estimate of drug-likeness (QED) is 0.934. The van der Waals surface area contributed by atoms with E-state index < -0.39 is 5.67 Å². The summed E-state index contributed by atoms with van der Waals surface area (Å²) in [6, 6.07) is 9.64. The van der Waals surface area contributed by atoms with Crippen LogP contribution in [-0.2, 0) is 12.1 Å². The van der Waals surface area contributed by atoms with Gasteiger partial charge in [0.15, 0.2) is 5.82 Å². The molecule has 1 atom stereocenters. The maximum atomic E-state index is 15.1. The van der Waals surface area contributed by atoms with Gasteiger partial charge in [0.05, 0.1) is 6.54 Å². The van der Waals surface area contributed by atoms with Gasteiger partial charge in [-0.25, -0.2) is 9.18 Å². The molecule has 1 aromatic carbocycles. The highest BCUT2D eigenvalue weighted by atomic mass is 19.1. The highest BCUT2D eigenvalue weighted by molar-refractivity contribution is 5.74. The Hall–Kier alpha value is -2.44. The molecule has 0 spiro atoms. The Labute approximate surface area is 140 Å². The number of carbonyl (C=O) groups excluding carboxylic acids is 1. The van der Waals surface area contributed by atoms with Crippen molar-refractivity contribution in [2.24, 2.45) is 0 Å². The van der Waals surface area contributed by atoms with Gasteiger partial charge in [-0.15, -0.1) is 0 Å². The van der Waals surface area contributed by atoms with Crippen LogP contribution in [0.1, 0.15) is 30.1 Å². The number of hydrogen-bond donors (Lipinski definition) is 1. The van der Waals surface area contributed by atoms with Crippen molar-refractivity contribution in [3.8, 4) is 0 Å². The van der Waals surface area contributed by atoms with Crippen molar-refractivity contribution >= 4 is 6.03 Å². The molecular formula is C17H21FN4O2. The van der Waals surface area contributed by atoms with Crippen molar-refractivity contribution in [3.63, 3.8) is 0 Å². The summed E-state index contributed by atoms with van der Waals surface area (Å²) in [4.78, 5) is 17.8. The molecule has 7 heteroatoms. The van der Waals surface area contributed by atoms with Crippen LogP contribution in [0, 0.1) is 6.92 Å². The zero-order chi connectivity index (χ0) is 17.0. The minimum absolute atomic E-state index is 0.0400. The van der Waals surface area contributed by atoms with Gasteiger partial charge in [0.25, 0.3) is 5.89 Å². The number of aromatic nitrogens is 2. The molecule has 0 bridgehead atoms. The molecular weight excluding hydrogens is 311 g/mol. The highest BCUT2D eigenvalue weighted by Crippen LogP contribution is 2.34. The number of benzene rings is 1. The zero-order valence-corrected chi connectivity index (χ0v) is 13.7. The van der Waals surface area contributed by atoms with Gasteiger partial charge < -0.3 is 14.7 Å². The molecule has 0 aliphatic carbocycles. The van der Waals surface area contributed by atoms with Crippen LogP contribution in [0.25, 0.3) is 0 Å². The second-order valence-corrected chi connectivity index (χ2v) is 6.10. The van der Waals surface area contributed by atoms with Gasteiger partial charge in [0.2, 0.25) is 5.67 Å². The summed E-state index contributed by atoms with van der Waals surface area (Å²) in [6.45, 7) is 2.62. The van der Waals surface area contributed by atoms with Crippen LogP contribution in [0.15, 0.2) is 34.9 Å². The summed E-state index contributed by atoms with van der Waals surface area (Å²) >= 11 is 0. The number of alkyl halides is 1. The van der Waals surface area contributed by atoms with Crippen LogP contribution >= 0.6 is 0 Å². The van der Waals surface area contributed by atoms with Crippen molar-refractivity contribution in [1.82, 2.24) is 20.4 Å². The molecule has 2 heterocycles. The predicted molar refractivity (Wildman–Crippen MR) is 86.2 cm³/mol. The largest absolute Gasteiger partial charge is 0.338 e. The normalized spacial score (nSPS) is 20.8. The van der Waals surface area contributed by atoms with E-state index in [1.807, 2.05) is 30.3 Å². The van der Waals surface area contributed by atoms with E-state index in [1.54, 1.807) is 6.92 Å². The Balaban J connectivity index is 1.55. The molecule has 1 aromatic heterocycles. The number of nitrogens with zero attached hydrogens (tertiary/aromatic N) is 3. The van der Waals surface area contributed by atoms with Gasteiger partial charge >= 0.3 is 6.03 Å². The molecule has 1 saturated heterocycles. The maximum absolute atomic E-state index is 15.1. The molecule has 2 aromatic rings. The fourth-order valence-corrected chi connectivity index (χ4v) is 2.91. The lowest BCUT2D eigenvalue weighted by molar-refractivity contribution is 0.0308. The molecule has 6 nitrogen and oxygen atoms in total. The van der Waals surface area contributed by atoms with Gasteiger partial charge in [0.1, 0.15) is 0 Å². The van der Waals surface area contributed by atoms with Crippen LogP contribution in [0.3, 0.4) is 0 Å². The number of rotatable bonds is 4. The first kappa shape index (κ1) is 16.4. The Bertz CT molecular complexity index is 691. The maximum Gasteiger partial charge on any atom is 0.317 e. The molecule has 1 unspecified atom stereocenters. The number of hydrogen-bond acceptors (Lipinski definition) is 4. The van der Waals surface area contributed by atoms with E-state index >= 15 is 4.39 Å². The third kappa shape index (κ3) is 3.72. The monoisotopic (exact) mass is 332 g/mol. The average molecular weight is 332 g/mol. The Morgan fingerprint density at radius 1 is 1.42 bits per heavy atom. The summed E-state index contributed by atoms with van der Waals surface area (Å²) in [5.41, 5.74) is -0.617. The molecule has 0 saturated carbocycles. The fourth-order valence-electron chi connectivity index (χ4n) is 2.91. The van der Waals surface area contributed by atoms with Crippen LogP contribution in [0.4, 0.5) is 9.18 Å². The smallest absolute Gasteiger partial charge is 0.317 e. The molecule has 1 fully saturated rings. The molecule has 24 heavy (non-hydrogen) atoms. The molecule has 1 aliphatic rings. The van der Waals surface area contributed by atoms with E-state index in [0.717, 1.165) is 12.0 Å². The van der Waals surface area contributed by atoms with Crippen LogP contribution in [-0.4, -0.2) is 40.7 Å². The molecule has 2 amide bonds. The third-order valence-corrected chi connectivity index (χ3v) is 4.17. The highest BCUT2D eigenvalue weighted by Gasteiger charge is 2.43. The SMILES string of the molecule is Cc1noc(C2(F)CCCN(C(=O)NCCc3ccccc3)C2)n1. The number of amides is 2. The average Bonchev–Trinajstić information content (AvgIpc) is 3.03. The van der Waals surface area contributed by atoms with Crippen LogP contribution in [0.5, 0.6) is 0 Å². The minimum atomic E-state index is -1.77. The summed E-state index contributed by atoms with van der Waals surface area (Å²) < 4.78 is 20.1. The van der Waals surface area contributed by atoms with Gasteiger partial charge in [-0.05, 0) is 31.7 Å². The Morgan fingerprint density at radius 2 is 2.21 bits per heavy atom. The van der Waals surface area contributed by atoms with Crippen LogP contribution < -0.4 is 5.32 Å². The van der Waals surface area contributed by atoms with Gasteiger partial charge in [0, 0.05) is 13.1 Å². The minimum Gasteiger partial charge on any atom is -0.338 e. The number of likely N-dealkylation sites (tertiary alicyclic amines) is 1. The molecule has 1 aliphatic heterocycles.